The molecule has 20 heavy (non-hydrogen) atoms. The van der Waals surface area contributed by atoms with E-state index in [4.69, 9.17) is 21.9 Å². The number of pyridine rings is 1. The van der Waals surface area contributed by atoms with Crippen molar-refractivity contribution in [3.63, 3.8) is 0 Å². The van der Waals surface area contributed by atoms with Crippen molar-refractivity contribution in [1.82, 2.24) is 15.1 Å². The zero-order valence-corrected chi connectivity index (χ0v) is 12.4. The van der Waals surface area contributed by atoms with Crippen LogP contribution in [0.4, 0.5) is 5.69 Å². The molecular formula is C13H8BrClN4O. The van der Waals surface area contributed by atoms with Crippen LogP contribution in [0.2, 0.25) is 5.02 Å². The molecule has 0 atom stereocenters. The number of nitrogen functional groups attached to an aromatic ring is 1. The summed E-state index contributed by atoms with van der Waals surface area (Å²) in [4.78, 5) is 8.52. The number of nitrogens with zero attached hydrogens (tertiary/aromatic N) is 3. The molecule has 2 aromatic heterocycles. The van der Waals surface area contributed by atoms with Gasteiger partial charge in [0.15, 0.2) is 0 Å². The average molecular weight is 352 g/mol. The molecule has 0 amide bonds. The maximum Gasteiger partial charge on any atom is 0.258 e. The van der Waals surface area contributed by atoms with Gasteiger partial charge in [-0.3, -0.25) is 4.98 Å². The second kappa shape index (κ2) is 5.22. The predicted molar refractivity (Wildman–Crippen MR) is 80.1 cm³/mol. The van der Waals surface area contributed by atoms with Gasteiger partial charge < -0.3 is 10.3 Å². The summed E-state index contributed by atoms with van der Waals surface area (Å²) in [6, 6.07) is 8.82. The fraction of sp³-hybridized carbons (Fsp3) is 0. The smallest absolute Gasteiger partial charge is 0.258 e. The lowest BCUT2D eigenvalue weighted by Gasteiger charge is -1.98. The number of benzene rings is 1. The summed E-state index contributed by atoms with van der Waals surface area (Å²) >= 11 is 9.38. The summed E-state index contributed by atoms with van der Waals surface area (Å²) in [6.07, 6.45) is 1.66. The number of rotatable bonds is 2. The molecule has 2 N–H and O–H groups in total. The highest BCUT2D eigenvalue weighted by Gasteiger charge is 2.14. The van der Waals surface area contributed by atoms with Crippen LogP contribution in [-0.2, 0) is 0 Å². The highest BCUT2D eigenvalue weighted by atomic mass is 79.9. The quantitative estimate of drug-likeness (QED) is 0.711. The molecule has 0 radical (unpaired) electrons. The van der Waals surface area contributed by atoms with E-state index in [2.05, 4.69) is 31.1 Å². The molecular weight excluding hydrogens is 344 g/mol. The molecule has 1 aromatic carbocycles. The second-order valence-corrected chi connectivity index (χ2v) is 5.25. The first-order valence-corrected chi connectivity index (χ1v) is 6.82. The van der Waals surface area contributed by atoms with E-state index >= 15 is 0 Å². The normalized spacial score (nSPS) is 10.7. The zero-order valence-electron chi connectivity index (χ0n) is 10.0. The van der Waals surface area contributed by atoms with Gasteiger partial charge in [-0.05, 0) is 46.3 Å². The Morgan fingerprint density at radius 3 is 2.85 bits per heavy atom. The van der Waals surface area contributed by atoms with Crippen molar-refractivity contribution in [2.75, 3.05) is 5.73 Å². The van der Waals surface area contributed by atoms with E-state index in [1.54, 1.807) is 24.4 Å². The molecule has 0 unspecified atom stereocenters. The molecule has 0 saturated carbocycles. The Balaban J connectivity index is 2.02. The fourth-order valence-corrected chi connectivity index (χ4v) is 2.26. The minimum absolute atomic E-state index is 0.361. The molecule has 7 heteroatoms. The molecule has 0 aliphatic rings. The highest BCUT2D eigenvalue weighted by Crippen LogP contribution is 2.28. The Hall–Kier alpha value is -1.92. The summed E-state index contributed by atoms with van der Waals surface area (Å²) < 4.78 is 6.03. The number of anilines is 1. The van der Waals surface area contributed by atoms with E-state index in [1.807, 2.05) is 12.1 Å². The fourth-order valence-electron chi connectivity index (χ4n) is 1.65. The molecule has 0 spiro atoms. The maximum atomic E-state index is 5.98. The standard InChI is InChI=1S/C13H8BrClN4O/c14-8-2-1-5-17-11(8)12-18-13(20-19-12)7-3-4-10(16)9(15)6-7/h1-6H,16H2. The summed E-state index contributed by atoms with van der Waals surface area (Å²) in [7, 11) is 0. The van der Waals surface area contributed by atoms with Crippen LogP contribution in [0, 0.1) is 0 Å². The molecule has 0 fully saturated rings. The number of aromatic nitrogens is 3. The summed E-state index contributed by atoms with van der Waals surface area (Å²) in [5, 5.41) is 4.37. The molecule has 5 nitrogen and oxygen atoms in total. The molecule has 0 aliphatic heterocycles. The van der Waals surface area contributed by atoms with E-state index in [0.717, 1.165) is 4.47 Å². The summed E-state index contributed by atoms with van der Waals surface area (Å²) in [6.45, 7) is 0. The highest BCUT2D eigenvalue weighted by molar-refractivity contribution is 9.10. The van der Waals surface area contributed by atoms with Gasteiger partial charge in [0.2, 0.25) is 5.82 Å². The SMILES string of the molecule is Nc1ccc(-c2nc(-c3ncccc3Br)no2)cc1Cl. The molecule has 0 bridgehead atoms. The van der Waals surface area contributed by atoms with Crippen LogP contribution >= 0.6 is 27.5 Å². The van der Waals surface area contributed by atoms with E-state index in [-0.39, 0.29) is 0 Å². The number of hydrogen-bond donors (Lipinski definition) is 1. The van der Waals surface area contributed by atoms with Gasteiger partial charge in [0.25, 0.3) is 5.89 Å². The largest absolute Gasteiger partial charge is 0.398 e. The molecule has 100 valence electrons. The van der Waals surface area contributed by atoms with Gasteiger partial charge in [-0.2, -0.15) is 4.98 Å². The van der Waals surface area contributed by atoms with Crippen LogP contribution in [0.15, 0.2) is 45.5 Å². The van der Waals surface area contributed by atoms with Crippen LogP contribution in [0.25, 0.3) is 23.0 Å². The Labute approximate surface area is 127 Å². The van der Waals surface area contributed by atoms with Gasteiger partial charge >= 0.3 is 0 Å². The van der Waals surface area contributed by atoms with Crippen molar-refractivity contribution in [2.24, 2.45) is 0 Å². The third-order valence-corrected chi connectivity index (χ3v) is 3.61. The van der Waals surface area contributed by atoms with Crippen molar-refractivity contribution in [3.8, 4) is 23.0 Å². The number of nitrogens with two attached hydrogens (primary N) is 1. The van der Waals surface area contributed by atoms with Crippen LogP contribution in [0.3, 0.4) is 0 Å². The lowest BCUT2D eigenvalue weighted by Crippen LogP contribution is -1.88. The van der Waals surface area contributed by atoms with Crippen LogP contribution in [0.5, 0.6) is 0 Å². The summed E-state index contributed by atoms with van der Waals surface area (Å²) in [5.41, 5.74) is 7.49. The van der Waals surface area contributed by atoms with Crippen LogP contribution < -0.4 is 5.73 Å². The van der Waals surface area contributed by atoms with E-state index < -0.39 is 0 Å². The molecule has 3 rings (SSSR count). The van der Waals surface area contributed by atoms with Gasteiger partial charge in [-0.25, -0.2) is 0 Å². The Bertz CT molecular complexity index is 775. The summed E-state index contributed by atoms with van der Waals surface area (Å²) in [5.74, 6) is 0.764. The van der Waals surface area contributed by atoms with Crippen LogP contribution in [0.1, 0.15) is 0 Å². The van der Waals surface area contributed by atoms with E-state index in [9.17, 15) is 0 Å². The minimum Gasteiger partial charge on any atom is -0.398 e. The van der Waals surface area contributed by atoms with Crippen molar-refractivity contribution >= 4 is 33.2 Å². The van der Waals surface area contributed by atoms with E-state index in [1.165, 1.54) is 0 Å². The molecule has 2 heterocycles. The first-order chi connectivity index (χ1) is 9.65. The van der Waals surface area contributed by atoms with E-state index in [0.29, 0.717) is 33.7 Å². The molecule has 3 aromatic rings. The first kappa shape index (κ1) is 13.1. The number of halogens is 2. The second-order valence-electron chi connectivity index (χ2n) is 3.99. The average Bonchev–Trinajstić information content (AvgIpc) is 2.92. The minimum atomic E-state index is 0.361. The van der Waals surface area contributed by atoms with Crippen molar-refractivity contribution < 1.29 is 4.52 Å². The van der Waals surface area contributed by atoms with Gasteiger partial charge in [0.05, 0.1) is 10.7 Å². The lowest BCUT2D eigenvalue weighted by molar-refractivity contribution is 0.432. The van der Waals surface area contributed by atoms with Crippen molar-refractivity contribution in [2.45, 2.75) is 0 Å². The Kier molecular flexibility index (Phi) is 3.42. The Morgan fingerprint density at radius 2 is 2.10 bits per heavy atom. The first-order valence-electron chi connectivity index (χ1n) is 5.65. The van der Waals surface area contributed by atoms with Gasteiger partial charge in [0.1, 0.15) is 5.69 Å². The van der Waals surface area contributed by atoms with Gasteiger partial charge in [0, 0.05) is 16.2 Å². The van der Waals surface area contributed by atoms with Crippen molar-refractivity contribution in [3.05, 3.63) is 46.0 Å². The molecule has 0 saturated heterocycles. The predicted octanol–water partition coefficient (Wildman–Crippen LogP) is 3.80. The van der Waals surface area contributed by atoms with Gasteiger partial charge in [-0.1, -0.05) is 16.8 Å². The lowest BCUT2D eigenvalue weighted by atomic mass is 10.2. The number of hydrogen-bond acceptors (Lipinski definition) is 5. The third kappa shape index (κ3) is 2.39. The monoisotopic (exact) mass is 350 g/mol. The van der Waals surface area contributed by atoms with Crippen LogP contribution in [-0.4, -0.2) is 15.1 Å². The van der Waals surface area contributed by atoms with Gasteiger partial charge in [-0.15, -0.1) is 0 Å². The Morgan fingerprint density at radius 1 is 1.25 bits per heavy atom. The molecule has 0 aliphatic carbocycles. The zero-order chi connectivity index (χ0) is 14.1. The van der Waals surface area contributed by atoms with Crippen molar-refractivity contribution in [1.29, 1.82) is 0 Å². The third-order valence-electron chi connectivity index (χ3n) is 2.64. The maximum absolute atomic E-state index is 5.98. The topological polar surface area (TPSA) is 77.8 Å².